The first-order valence-electron chi connectivity index (χ1n) is 5.74. The Bertz CT molecular complexity index is 676. The molecule has 1 atom stereocenters. The van der Waals surface area contributed by atoms with Crippen molar-refractivity contribution in [1.29, 1.82) is 0 Å². The summed E-state index contributed by atoms with van der Waals surface area (Å²) in [6, 6.07) is 15.9. The molecule has 0 aliphatic carbocycles. The van der Waals surface area contributed by atoms with Crippen LogP contribution in [0, 0.1) is 0 Å². The molecule has 90 valence electrons. The predicted molar refractivity (Wildman–Crippen MR) is 76.5 cm³/mol. The Morgan fingerprint density at radius 2 is 1.78 bits per heavy atom. The standard InChI is InChI=1S/C15H12BrNO/c16-13-6-5-10-8-12(4-3-11(10)9-13)15(18)14-2-1-7-17-14/h1-9,15,17-18H. The third-order valence-corrected chi connectivity index (χ3v) is 3.55. The van der Waals surface area contributed by atoms with Crippen LogP contribution in [0.1, 0.15) is 17.4 Å². The second-order valence-corrected chi connectivity index (χ2v) is 5.19. The minimum absolute atomic E-state index is 0.604. The van der Waals surface area contributed by atoms with Crippen LogP contribution >= 0.6 is 15.9 Å². The van der Waals surface area contributed by atoms with E-state index in [1.165, 1.54) is 0 Å². The fraction of sp³-hybridized carbons (Fsp3) is 0.0667. The number of fused-ring (bicyclic) bond motifs is 1. The average Bonchev–Trinajstić information content (AvgIpc) is 2.91. The molecule has 0 radical (unpaired) electrons. The Hall–Kier alpha value is -1.58. The van der Waals surface area contributed by atoms with Crippen molar-refractivity contribution in [1.82, 2.24) is 4.98 Å². The van der Waals surface area contributed by atoms with Crippen LogP contribution in [-0.4, -0.2) is 10.1 Å². The molecule has 0 spiro atoms. The first kappa shape index (κ1) is 11.5. The highest BCUT2D eigenvalue weighted by Gasteiger charge is 2.11. The van der Waals surface area contributed by atoms with Gasteiger partial charge >= 0.3 is 0 Å². The maximum Gasteiger partial charge on any atom is 0.119 e. The molecule has 2 nitrogen and oxygen atoms in total. The number of hydrogen-bond acceptors (Lipinski definition) is 1. The molecule has 0 amide bonds. The highest BCUT2D eigenvalue weighted by molar-refractivity contribution is 9.10. The molecule has 1 unspecified atom stereocenters. The van der Waals surface area contributed by atoms with Gasteiger partial charge in [0.15, 0.2) is 0 Å². The van der Waals surface area contributed by atoms with Crippen LogP contribution in [0.3, 0.4) is 0 Å². The molecule has 1 heterocycles. The maximum absolute atomic E-state index is 10.3. The molecule has 0 aliphatic heterocycles. The van der Waals surface area contributed by atoms with E-state index in [1.54, 1.807) is 0 Å². The fourth-order valence-corrected chi connectivity index (χ4v) is 2.48. The Morgan fingerprint density at radius 1 is 1.00 bits per heavy atom. The van der Waals surface area contributed by atoms with E-state index in [1.807, 2.05) is 48.7 Å². The summed E-state index contributed by atoms with van der Waals surface area (Å²) >= 11 is 3.46. The third-order valence-electron chi connectivity index (χ3n) is 3.06. The largest absolute Gasteiger partial charge is 0.382 e. The van der Waals surface area contributed by atoms with Gasteiger partial charge < -0.3 is 10.1 Å². The van der Waals surface area contributed by atoms with Crippen molar-refractivity contribution in [2.24, 2.45) is 0 Å². The topological polar surface area (TPSA) is 36.0 Å². The fourth-order valence-electron chi connectivity index (χ4n) is 2.10. The van der Waals surface area contributed by atoms with Crippen LogP contribution in [0.2, 0.25) is 0 Å². The molecular weight excluding hydrogens is 290 g/mol. The van der Waals surface area contributed by atoms with Crippen molar-refractivity contribution in [3.63, 3.8) is 0 Å². The number of benzene rings is 2. The molecule has 3 aromatic rings. The minimum Gasteiger partial charge on any atom is -0.382 e. The summed E-state index contributed by atoms with van der Waals surface area (Å²) in [5.74, 6) is 0. The van der Waals surface area contributed by atoms with Crippen molar-refractivity contribution in [2.45, 2.75) is 6.10 Å². The molecule has 0 aliphatic rings. The van der Waals surface area contributed by atoms with E-state index in [9.17, 15) is 5.11 Å². The zero-order chi connectivity index (χ0) is 12.5. The molecule has 2 N–H and O–H groups in total. The van der Waals surface area contributed by atoms with Crippen molar-refractivity contribution in [2.75, 3.05) is 0 Å². The van der Waals surface area contributed by atoms with Crippen molar-refractivity contribution < 1.29 is 5.11 Å². The molecule has 1 aromatic heterocycles. The molecule has 3 rings (SSSR count). The third kappa shape index (κ3) is 2.07. The maximum atomic E-state index is 10.3. The molecular formula is C15H12BrNO. The normalized spacial score (nSPS) is 12.8. The van der Waals surface area contributed by atoms with E-state index in [0.717, 1.165) is 26.5 Å². The molecule has 18 heavy (non-hydrogen) atoms. The summed E-state index contributed by atoms with van der Waals surface area (Å²) in [4.78, 5) is 3.04. The van der Waals surface area contributed by atoms with Gasteiger partial charge in [0, 0.05) is 16.4 Å². The zero-order valence-electron chi connectivity index (χ0n) is 9.60. The number of aliphatic hydroxyl groups is 1. The lowest BCUT2D eigenvalue weighted by atomic mass is 10.0. The summed E-state index contributed by atoms with van der Waals surface area (Å²) in [6.07, 6.45) is 1.21. The molecule has 0 saturated carbocycles. The SMILES string of the molecule is OC(c1ccc2cc(Br)ccc2c1)c1ccc[nH]1. The molecule has 0 fully saturated rings. The predicted octanol–water partition coefficient (Wildman–Crippen LogP) is 4.01. The lowest BCUT2D eigenvalue weighted by Crippen LogP contribution is -1.99. The summed E-state index contributed by atoms with van der Waals surface area (Å²) in [5, 5.41) is 12.5. The van der Waals surface area contributed by atoms with Gasteiger partial charge in [-0.25, -0.2) is 0 Å². The monoisotopic (exact) mass is 301 g/mol. The molecule has 0 bridgehead atoms. The number of rotatable bonds is 2. The van der Waals surface area contributed by atoms with Crippen LogP contribution in [0.4, 0.5) is 0 Å². The van der Waals surface area contributed by atoms with Gasteiger partial charge in [0.25, 0.3) is 0 Å². The van der Waals surface area contributed by atoms with Crippen molar-refractivity contribution >= 4 is 26.7 Å². The number of hydrogen-bond donors (Lipinski definition) is 2. The van der Waals surface area contributed by atoms with Crippen molar-refractivity contribution in [3.8, 4) is 0 Å². The molecule has 0 saturated heterocycles. The summed E-state index contributed by atoms with van der Waals surface area (Å²) in [6.45, 7) is 0. The van der Waals surface area contributed by atoms with Gasteiger partial charge in [0.1, 0.15) is 6.10 Å². The van der Waals surface area contributed by atoms with E-state index in [-0.39, 0.29) is 0 Å². The number of nitrogens with one attached hydrogen (secondary N) is 1. The molecule has 2 aromatic carbocycles. The van der Waals surface area contributed by atoms with Crippen LogP contribution in [0.15, 0.2) is 59.2 Å². The summed E-state index contributed by atoms with van der Waals surface area (Å²) in [7, 11) is 0. The number of aromatic nitrogens is 1. The lowest BCUT2D eigenvalue weighted by Gasteiger charge is -2.10. The second kappa shape index (κ2) is 4.59. The van der Waals surface area contributed by atoms with Gasteiger partial charge in [-0.2, -0.15) is 0 Å². The first-order valence-corrected chi connectivity index (χ1v) is 6.54. The number of halogens is 1. The molecule has 3 heteroatoms. The Morgan fingerprint density at radius 3 is 2.56 bits per heavy atom. The van der Waals surface area contributed by atoms with Gasteiger partial charge in [0.05, 0.1) is 0 Å². The average molecular weight is 302 g/mol. The van der Waals surface area contributed by atoms with E-state index >= 15 is 0 Å². The van der Waals surface area contributed by atoms with Crippen LogP contribution in [-0.2, 0) is 0 Å². The first-order chi connectivity index (χ1) is 8.74. The van der Waals surface area contributed by atoms with Gasteiger partial charge in [-0.05, 0) is 46.7 Å². The van der Waals surface area contributed by atoms with E-state index in [0.29, 0.717) is 0 Å². The highest BCUT2D eigenvalue weighted by Crippen LogP contribution is 2.26. The lowest BCUT2D eigenvalue weighted by molar-refractivity contribution is 0.216. The summed E-state index contributed by atoms with van der Waals surface area (Å²) in [5.41, 5.74) is 1.71. The van der Waals surface area contributed by atoms with Gasteiger partial charge in [-0.15, -0.1) is 0 Å². The van der Waals surface area contributed by atoms with Gasteiger partial charge in [0.2, 0.25) is 0 Å². The number of aromatic amines is 1. The van der Waals surface area contributed by atoms with E-state index in [4.69, 9.17) is 0 Å². The Balaban J connectivity index is 2.06. The smallest absolute Gasteiger partial charge is 0.119 e. The Kier molecular flexibility index (Phi) is 2.94. The van der Waals surface area contributed by atoms with E-state index in [2.05, 4.69) is 27.0 Å². The quantitative estimate of drug-likeness (QED) is 0.737. The van der Waals surface area contributed by atoms with E-state index < -0.39 is 6.10 Å². The Labute approximate surface area is 113 Å². The van der Waals surface area contributed by atoms with Crippen LogP contribution < -0.4 is 0 Å². The minimum atomic E-state index is -0.604. The van der Waals surface area contributed by atoms with Gasteiger partial charge in [-0.1, -0.05) is 34.1 Å². The highest BCUT2D eigenvalue weighted by atomic mass is 79.9. The van der Waals surface area contributed by atoms with Crippen LogP contribution in [0.5, 0.6) is 0 Å². The number of aliphatic hydroxyl groups excluding tert-OH is 1. The summed E-state index contributed by atoms with van der Waals surface area (Å²) < 4.78 is 1.06. The zero-order valence-corrected chi connectivity index (χ0v) is 11.2. The van der Waals surface area contributed by atoms with Gasteiger partial charge in [-0.3, -0.25) is 0 Å². The van der Waals surface area contributed by atoms with Crippen LogP contribution in [0.25, 0.3) is 10.8 Å². The number of H-pyrrole nitrogens is 1. The van der Waals surface area contributed by atoms with Crippen molar-refractivity contribution in [3.05, 3.63) is 70.5 Å². The second-order valence-electron chi connectivity index (χ2n) is 4.28.